The minimum absolute atomic E-state index is 0.269. The quantitative estimate of drug-likeness (QED) is 0.0465. The van der Waals surface area contributed by atoms with Crippen LogP contribution in [0, 0.1) is 0 Å². The Kier molecular flexibility index (Phi) is 25.7. The van der Waals surface area contributed by atoms with Crippen LogP contribution >= 0.6 is 0 Å². The number of nitrogens with one attached hydrogen (secondary N) is 1. The lowest BCUT2D eigenvalue weighted by Gasteiger charge is -2.40. The molecule has 0 bridgehead atoms. The summed E-state index contributed by atoms with van der Waals surface area (Å²) in [4.78, 5) is 12.9. The van der Waals surface area contributed by atoms with E-state index in [4.69, 9.17) is 9.47 Å². The molecule has 1 aliphatic rings. The number of hydrogen-bond donors (Lipinski definition) is 7. The molecule has 1 saturated heterocycles. The molecular formula is C41H73NO9. The number of aryl methyl sites for hydroxylation is 1. The second-order valence-corrected chi connectivity index (χ2v) is 14.8. The van der Waals surface area contributed by atoms with Crippen LogP contribution in [0.5, 0.6) is 0 Å². The molecule has 0 aromatic heterocycles. The highest BCUT2D eigenvalue weighted by Gasteiger charge is 2.44. The van der Waals surface area contributed by atoms with Gasteiger partial charge in [0.1, 0.15) is 30.5 Å². The van der Waals surface area contributed by atoms with Gasteiger partial charge in [-0.15, -0.1) is 0 Å². The molecule has 1 aromatic carbocycles. The molecule has 0 radical (unpaired) electrons. The minimum atomic E-state index is -1.61. The fraction of sp³-hybridized carbons (Fsp3) is 0.829. The van der Waals surface area contributed by atoms with E-state index in [0.29, 0.717) is 12.8 Å². The lowest BCUT2D eigenvalue weighted by molar-refractivity contribution is -0.303. The van der Waals surface area contributed by atoms with Crippen LogP contribution < -0.4 is 5.32 Å². The zero-order chi connectivity index (χ0) is 37.1. The molecule has 10 nitrogen and oxygen atoms in total. The molecule has 0 saturated carbocycles. The Balaban J connectivity index is 1.72. The van der Waals surface area contributed by atoms with Crippen molar-refractivity contribution >= 4 is 5.91 Å². The van der Waals surface area contributed by atoms with Crippen molar-refractivity contribution in [2.75, 3.05) is 13.2 Å². The Morgan fingerprint density at radius 1 is 0.725 bits per heavy atom. The predicted octanol–water partition coefficient (Wildman–Crippen LogP) is 5.85. The molecule has 8 atom stereocenters. The van der Waals surface area contributed by atoms with Crippen molar-refractivity contribution < 1.29 is 44.9 Å². The van der Waals surface area contributed by atoms with E-state index in [2.05, 4.69) is 36.5 Å². The standard InChI is InChI=1S/C41H73NO9/c1-2-3-4-5-6-7-8-9-10-14-17-23-28-34(44)37(46)33(31-50-41-40(49)39(48)38(47)35(30-43)51-41)42-36(45)29-24-18-15-12-11-13-16-20-25-32-26-21-19-22-27-32/h19,21-22,26-27,33-35,37-41,43-44,46-49H,2-18,20,23-25,28-31H2,1H3,(H,42,45)/t33-,34-,35-,37+,38+,39+,40-,41+/m1/s1. The van der Waals surface area contributed by atoms with Gasteiger partial charge in [-0.05, 0) is 31.2 Å². The van der Waals surface area contributed by atoms with Crippen LogP contribution in [0.4, 0.5) is 0 Å². The van der Waals surface area contributed by atoms with Crippen LogP contribution in [0.15, 0.2) is 30.3 Å². The molecular weight excluding hydrogens is 650 g/mol. The maximum absolute atomic E-state index is 12.9. The molecule has 0 spiro atoms. The maximum atomic E-state index is 12.9. The monoisotopic (exact) mass is 724 g/mol. The van der Waals surface area contributed by atoms with Gasteiger partial charge in [-0.1, -0.05) is 153 Å². The van der Waals surface area contributed by atoms with Gasteiger partial charge >= 0.3 is 0 Å². The van der Waals surface area contributed by atoms with E-state index >= 15 is 0 Å². The van der Waals surface area contributed by atoms with Crippen molar-refractivity contribution in [1.29, 1.82) is 0 Å². The van der Waals surface area contributed by atoms with Crippen LogP contribution in [-0.2, 0) is 20.7 Å². The number of aliphatic hydroxyl groups excluding tert-OH is 6. The Bertz CT molecular complexity index is 968. The highest BCUT2D eigenvalue weighted by atomic mass is 16.7. The number of rotatable bonds is 31. The molecule has 1 amide bonds. The van der Waals surface area contributed by atoms with Crippen LogP contribution in [0.2, 0.25) is 0 Å². The van der Waals surface area contributed by atoms with Crippen LogP contribution in [-0.4, -0.2) is 98.7 Å². The van der Waals surface area contributed by atoms with Gasteiger partial charge in [-0.25, -0.2) is 0 Å². The Labute approximate surface area is 308 Å². The first-order chi connectivity index (χ1) is 24.8. The van der Waals surface area contributed by atoms with Crippen molar-refractivity contribution in [1.82, 2.24) is 5.32 Å². The average Bonchev–Trinajstić information content (AvgIpc) is 3.14. The number of ether oxygens (including phenoxy) is 2. The van der Waals surface area contributed by atoms with E-state index in [-0.39, 0.29) is 18.9 Å². The first kappa shape index (κ1) is 45.5. The topological polar surface area (TPSA) is 169 Å². The minimum Gasteiger partial charge on any atom is -0.394 e. The Morgan fingerprint density at radius 3 is 1.82 bits per heavy atom. The fourth-order valence-electron chi connectivity index (χ4n) is 6.86. The third kappa shape index (κ3) is 19.9. The van der Waals surface area contributed by atoms with Crippen LogP contribution in [0.1, 0.15) is 154 Å². The zero-order valence-electron chi connectivity index (χ0n) is 31.6. The predicted molar refractivity (Wildman–Crippen MR) is 201 cm³/mol. The summed E-state index contributed by atoms with van der Waals surface area (Å²) in [6.45, 7) is 1.33. The van der Waals surface area contributed by atoms with E-state index in [0.717, 1.165) is 51.4 Å². The molecule has 7 N–H and O–H groups in total. The van der Waals surface area contributed by atoms with Crippen molar-refractivity contribution in [2.45, 2.75) is 204 Å². The maximum Gasteiger partial charge on any atom is 0.220 e. The largest absolute Gasteiger partial charge is 0.394 e. The summed E-state index contributed by atoms with van der Waals surface area (Å²) >= 11 is 0. The van der Waals surface area contributed by atoms with Gasteiger partial charge in [0.05, 0.1) is 25.4 Å². The molecule has 0 unspecified atom stereocenters. The lowest BCUT2D eigenvalue weighted by atomic mass is 9.98. The van der Waals surface area contributed by atoms with E-state index in [1.165, 1.54) is 82.6 Å². The van der Waals surface area contributed by atoms with Gasteiger partial charge in [0.15, 0.2) is 6.29 Å². The number of amides is 1. The van der Waals surface area contributed by atoms with E-state index in [9.17, 15) is 35.4 Å². The first-order valence-corrected chi connectivity index (χ1v) is 20.4. The highest BCUT2D eigenvalue weighted by molar-refractivity contribution is 5.76. The highest BCUT2D eigenvalue weighted by Crippen LogP contribution is 2.23. The van der Waals surface area contributed by atoms with E-state index < -0.39 is 55.6 Å². The molecule has 1 aliphatic heterocycles. The molecule has 1 heterocycles. The number of hydrogen-bond acceptors (Lipinski definition) is 9. The van der Waals surface area contributed by atoms with Crippen molar-refractivity contribution in [3.63, 3.8) is 0 Å². The first-order valence-electron chi connectivity index (χ1n) is 20.4. The van der Waals surface area contributed by atoms with Gasteiger partial charge in [-0.2, -0.15) is 0 Å². The summed E-state index contributed by atoms with van der Waals surface area (Å²) in [5.41, 5.74) is 1.39. The number of carbonyl (C=O) groups is 1. The smallest absolute Gasteiger partial charge is 0.220 e. The zero-order valence-corrected chi connectivity index (χ0v) is 31.6. The van der Waals surface area contributed by atoms with Crippen molar-refractivity contribution in [3.8, 4) is 0 Å². The van der Waals surface area contributed by atoms with Crippen LogP contribution in [0.3, 0.4) is 0 Å². The number of carbonyl (C=O) groups excluding carboxylic acids is 1. The second-order valence-electron chi connectivity index (χ2n) is 14.8. The molecule has 51 heavy (non-hydrogen) atoms. The summed E-state index contributed by atoms with van der Waals surface area (Å²) in [5, 5.41) is 64.9. The third-order valence-corrected chi connectivity index (χ3v) is 10.3. The molecule has 0 aliphatic carbocycles. The van der Waals surface area contributed by atoms with Gasteiger partial charge in [0.2, 0.25) is 5.91 Å². The average molecular weight is 724 g/mol. The van der Waals surface area contributed by atoms with Crippen molar-refractivity contribution in [3.05, 3.63) is 35.9 Å². The second kappa shape index (κ2) is 28.8. The molecule has 10 heteroatoms. The van der Waals surface area contributed by atoms with Crippen molar-refractivity contribution in [2.24, 2.45) is 0 Å². The number of benzene rings is 1. The summed E-state index contributed by atoms with van der Waals surface area (Å²) in [6.07, 6.45) is 15.0. The summed E-state index contributed by atoms with van der Waals surface area (Å²) in [7, 11) is 0. The number of unbranched alkanes of at least 4 members (excludes halogenated alkanes) is 18. The molecule has 296 valence electrons. The lowest BCUT2D eigenvalue weighted by Crippen LogP contribution is -2.60. The fourth-order valence-corrected chi connectivity index (χ4v) is 6.86. The van der Waals surface area contributed by atoms with Gasteiger partial charge in [0, 0.05) is 6.42 Å². The molecule has 2 rings (SSSR count). The normalized spacial score (nSPS) is 22.5. The Morgan fingerprint density at radius 2 is 1.25 bits per heavy atom. The van der Waals surface area contributed by atoms with E-state index in [1.54, 1.807) is 0 Å². The molecule has 1 aromatic rings. The number of aliphatic hydroxyl groups is 6. The third-order valence-electron chi connectivity index (χ3n) is 10.3. The SMILES string of the molecule is CCCCCCCCCCCCCC[C@@H](O)[C@@H](O)[C@@H](CO[C@H]1O[C@H](CO)[C@H](O)[C@H](O)[C@H]1O)NC(=O)CCCCCCCCCCc1ccccc1. The Hall–Kier alpha value is -1.63. The molecule has 1 fully saturated rings. The summed E-state index contributed by atoms with van der Waals surface area (Å²) < 4.78 is 11.1. The van der Waals surface area contributed by atoms with Gasteiger partial charge in [-0.3, -0.25) is 4.79 Å². The van der Waals surface area contributed by atoms with Gasteiger partial charge in [0.25, 0.3) is 0 Å². The van der Waals surface area contributed by atoms with Crippen LogP contribution in [0.25, 0.3) is 0 Å². The summed E-state index contributed by atoms with van der Waals surface area (Å²) in [5.74, 6) is -0.269. The summed E-state index contributed by atoms with van der Waals surface area (Å²) in [6, 6.07) is 9.57. The van der Waals surface area contributed by atoms with E-state index in [1.807, 2.05) is 6.07 Å². The van der Waals surface area contributed by atoms with Gasteiger partial charge < -0.3 is 45.4 Å².